The van der Waals surface area contributed by atoms with Crippen molar-refractivity contribution in [2.24, 2.45) is 5.92 Å². The molecule has 0 fully saturated rings. The summed E-state index contributed by atoms with van der Waals surface area (Å²) >= 11 is 0. The second-order valence-electron chi connectivity index (χ2n) is 3.63. The third kappa shape index (κ3) is 6.62. The highest BCUT2D eigenvalue weighted by atomic mass is 16.5. The molecule has 0 aliphatic rings. The van der Waals surface area contributed by atoms with Crippen LogP contribution in [0.5, 0.6) is 0 Å². The molecule has 2 nitrogen and oxygen atoms in total. The first-order valence-electron chi connectivity index (χ1n) is 5.30. The van der Waals surface area contributed by atoms with Gasteiger partial charge in [-0.15, -0.1) is 0 Å². The van der Waals surface area contributed by atoms with Gasteiger partial charge in [0.05, 0.1) is 13.0 Å². The van der Waals surface area contributed by atoms with Crippen molar-refractivity contribution >= 4 is 5.97 Å². The van der Waals surface area contributed by atoms with Gasteiger partial charge in [-0.05, 0) is 6.42 Å². The molecule has 1 atom stereocenters. The highest BCUT2D eigenvalue weighted by Gasteiger charge is 2.11. The molecule has 0 saturated carbocycles. The lowest BCUT2D eigenvalue weighted by Crippen LogP contribution is -2.12. The fourth-order valence-corrected chi connectivity index (χ4v) is 1.37. The van der Waals surface area contributed by atoms with Crippen molar-refractivity contribution in [3.63, 3.8) is 0 Å². The van der Waals surface area contributed by atoms with Crippen LogP contribution in [-0.4, -0.2) is 13.1 Å². The van der Waals surface area contributed by atoms with Gasteiger partial charge in [-0.25, -0.2) is 0 Å². The molecular weight excluding hydrogens is 164 g/mol. The van der Waals surface area contributed by atoms with Crippen LogP contribution >= 0.6 is 0 Å². The van der Waals surface area contributed by atoms with Crippen molar-refractivity contribution in [1.29, 1.82) is 0 Å². The maximum absolute atomic E-state index is 11.0. The van der Waals surface area contributed by atoms with Crippen LogP contribution in [0.1, 0.15) is 52.4 Å². The Labute approximate surface area is 81.7 Å². The summed E-state index contributed by atoms with van der Waals surface area (Å²) in [7, 11) is 1.45. The molecule has 0 N–H and O–H groups in total. The van der Waals surface area contributed by atoms with E-state index in [2.05, 4.69) is 11.7 Å². The standard InChI is InChI=1S/C11H22O2/c1-4-5-6-7-8-9-10(2)11(12)13-3/h10H,4-9H2,1-3H3/t10-/m0/s1. The number of methoxy groups -OCH3 is 1. The predicted octanol–water partition coefficient (Wildman–Crippen LogP) is 3.16. The SMILES string of the molecule is CCCCCCC[C@H](C)C(=O)OC. The third-order valence-electron chi connectivity index (χ3n) is 2.34. The van der Waals surface area contributed by atoms with Crippen LogP contribution in [0.4, 0.5) is 0 Å². The van der Waals surface area contributed by atoms with Gasteiger partial charge in [-0.3, -0.25) is 4.79 Å². The number of carbonyl (C=O) groups is 1. The molecule has 0 aliphatic carbocycles. The first-order chi connectivity index (χ1) is 6.22. The first kappa shape index (κ1) is 12.5. The Morgan fingerprint density at radius 2 is 1.85 bits per heavy atom. The van der Waals surface area contributed by atoms with E-state index >= 15 is 0 Å². The third-order valence-corrected chi connectivity index (χ3v) is 2.34. The summed E-state index contributed by atoms with van der Waals surface area (Å²) < 4.78 is 4.65. The summed E-state index contributed by atoms with van der Waals surface area (Å²) in [6.07, 6.45) is 7.24. The zero-order valence-electron chi connectivity index (χ0n) is 9.14. The van der Waals surface area contributed by atoms with Crippen LogP contribution in [0.25, 0.3) is 0 Å². The monoisotopic (exact) mass is 186 g/mol. The molecule has 0 aromatic rings. The molecule has 0 rings (SSSR count). The van der Waals surface area contributed by atoms with Gasteiger partial charge in [0.1, 0.15) is 0 Å². The number of hydrogen-bond acceptors (Lipinski definition) is 2. The fourth-order valence-electron chi connectivity index (χ4n) is 1.37. The zero-order chi connectivity index (χ0) is 10.1. The number of unbranched alkanes of at least 4 members (excludes halogenated alkanes) is 4. The molecule has 0 aromatic carbocycles. The van der Waals surface area contributed by atoms with Crippen molar-refractivity contribution in [2.45, 2.75) is 52.4 Å². The minimum absolute atomic E-state index is 0.0736. The smallest absolute Gasteiger partial charge is 0.308 e. The van der Waals surface area contributed by atoms with E-state index in [1.165, 1.54) is 32.8 Å². The molecular formula is C11H22O2. The topological polar surface area (TPSA) is 26.3 Å². The lowest BCUT2D eigenvalue weighted by Gasteiger charge is -2.07. The molecule has 0 spiro atoms. The van der Waals surface area contributed by atoms with Crippen LogP contribution in [0.2, 0.25) is 0 Å². The Balaban J connectivity index is 3.26. The predicted molar refractivity (Wildman–Crippen MR) is 54.6 cm³/mol. The van der Waals surface area contributed by atoms with Gasteiger partial charge in [0.2, 0.25) is 0 Å². The van der Waals surface area contributed by atoms with Gasteiger partial charge in [-0.2, -0.15) is 0 Å². The average molecular weight is 186 g/mol. The van der Waals surface area contributed by atoms with Crippen molar-refractivity contribution in [3.8, 4) is 0 Å². The average Bonchev–Trinajstić information content (AvgIpc) is 2.16. The van der Waals surface area contributed by atoms with Crippen LogP contribution in [0.15, 0.2) is 0 Å². The lowest BCUT2D eigenvalue weighted by molar-refractivity contribution is -0.145. The molecule has 0 unspecified atom stereocenters. The van der Waals surface area contributed by atoms with Crippen molar-refractivity contribution in [2.75, 3.05) is 7.11 Å². The number of rotatable bonds is 7. The molecule has 0 heterocycles. The Bertz CT molecular complexity index is 132. The number of hydrogen-bond donors (Lipinski definition) is 0. The maximum Gasteiger partial charge on any atom is 0.308 e. The molecule has 78 valence electrons. The lowest BCUT2D eigenvalue weighted by atomic mass is 10.0. The van der Waals surface area contributed by atoms with Crippen LogP contribution in [0.3, 0.4) is 0 Å². The first-order valence-corrected chi connectivity index (χ1v) is 5.30. The summed E-state index contributed by atoms with van der Waals surface area (Å²) in [6.45, 7) is 4.14. The van der Waals surface area contributed by atoms with E-state index in [-0.39, 0.29) is 11.9 Å². The Hall–Kier alpha value is -0.530. The van der Waals surface area contributed by atoms with Gasteiger partial charge >= 0.3 is 5.97 Å². The maximum atomic E-state index is 11.0. The summed E-state index contributed by atoms with van der Waals surface area (Å²) in [4.78, 5) is 11.0. The highest BCUT2D eigenvalue weighted by molar-refractivity contribution is 5.71. The molecule has 0 aliphatic heterocycles. The van der Waals surface area contributed by atoms with E-state index < -0.39 is 0 Å². The van der Waals surface area contributed by atoms with E-state index in [1.807, 2.05) is 6.92 Å². The van der Waals surface area contributed by atoms with Gasteiger partial charge in [0.15, 0.2) is 0 Å². The quantitative estimate of drug-likeness (QED) is 0.451. The van der Waals surface area contributed by atoms with E-state index in [9.17, 15) is 4.79 Å². The highest BCUT2D eigenvalue weighted by Crippen LogP contribution is 2.12. The van der Waals surface area contributed by atoms with E-state index in [1.54, 1.807) is 0 Å². The number of carbonyl (C=O) groups excluding carboxylic acids is 1. The van der Waals surface area contributed by atoms with E-state index in [0.29, 0.717) is 0 Å². The number of esters is 1. The van der Waals surface area contributed by atoms with E-state index in [4.69, 9.17) is 0 Å². The summed E-state index contributed by atoms with van der Waals surface area (Å²) in [5.41, 5.74) is 0. The van der Waals surface area contributed by atoms with Gasteiger partial charge in [0, 0.05) is 0 Å². The van der Waals surface area contributed by atoms with Crippen LogP contribution < -0.4 is 0 Å². The normalized spacial score (nSPS) is 12.5. The Morgan fingerprint density at radius 1 is 1.23 bits per heavy atom. The largest absolute Gasteiger partial charge is 0.469 e. The van der Waals surface area contributed by atoms with Crippen molar-refractivity contribution in [3.05, 3.63) is 0 Å². The molecule has 0 radical (unpaired) electrons. The van der Waals surface area contributed by atoms with Crippen molar-refractivity contribution < 1.29 is 9.53 Å². The van der Waals surface area contributed by atoms with Gasteiger partial charge < -0.3 is 4.74 Å². The second kappa shape index (κ2) is 8.09. The van der Waals surface area contributed by atoms with Gasteiger partial charge in [0.25, 0.3) is 0 Å². The Kier molecular flexibility index (Phi) is 7.76. The fraction of sp³-hybridized carbons (Fsp3) is 0.909. The molecule has 0 aromatic heterocycles. The molecule has 13 heavy (non-hydrogen) atoms. The minimum Gasteiger partial charge on any atom is -0.469 e. The zero-order valence-corrected chi connectivity index (χ0v) is 9.14. The van der Waals surface area contributed by atoms with Crippen LogP contribution in [-0.2, 0) is 9.53 Å². The number of ether oxygens (including phenoxy) is 1. The summed E-state index contributed by atoms with van der Waals surface area (Å²) in [5, 5.41) is 0. The van der Waals surface area contributed by atoms with Crippen LogP contribution in [0, 0.1) is 5.92 Å². The minimum atomic E-state index is -0.0736. The molecule has 2 heteroatoms. The summed E-state index contributed by atoms with van der Waals surface area (Å²) in [6, 6.07) is 0. The van der Waals surface area contributed by atoms with E-state index in [0.717, 1.165) is 12.8 Å². The van der Waals surface area contributed by atoms with Gasteiger partial charge in [-0.1, -0.05) is 46.0 Å². The molecule has 0 amide bonds. The molecule has 0 saturated heterocycles. The van der Waals surface area contributed by atoms with Crippen molar-refractivity contribution in [1.82, 2.24) is 0 Å². The second-order valence-corrected chi connectivity index (χ2v) is 3.63. The molecule has 0 bridgehead atoms. The summed E-state index contributed by atoms with van der Waals surface area (Å²) in [5.74, 6) is 0.00196. The Morgan fingerprint density at radius 3 is 2.38 bits per heavy atom.